The largest absolute Gasteiger partial charge is 0.325 e. The lowest BCUT2D eigenvalue weighted by atomic mass is 10.2. The minimum absolute atomic E-state index is 0.0853. The Kier molecular flexibility index (Phi) is 4.82. The minimum Gasteiger partial charge on any atom is -0.325 e. The fourth-order valence-electron chi connectivity index (χ4n) is 1.83. The van der Waals surface area contributed by atoms with Gasteiger partial charge in [0, 0.05) is 25.0 Å². The predicted molar refractivity (Wildman–Crippen MR) is 84.9 cm³/mol. The maximum atomic E-state index is 12.0. The number of rotatable bonds is 3. The van der Waals surface area contributed by atoms with Crippen molar-refractivity contribution in [2.24, 2.45) is 4.99 Å². The number of carbonyl (C=O) groups excluding carboxylic acids is 2. The van der Waals surface area contributed by atoms with E-state index in [1.807, 2.05) is 18.2 Å². The number of para-hydroxylation sites is 1. The van der Waals surface area contributed by atoms with Crippen molar-refractivity contribution in [1.29, 1.82) is 0 Å². The minimum atomic E-state index is -0.402. The zero-order valence-electron chi connectivity index (χ0n) is 11.1. The van der Waals surface area contributed by atoms with Crippen molar-refractivity contribution in [3.05, 3.63) is 28.7 Å². The molecule has 1 aliphatic rings. The van der Waals surface area contributed by atoms with Gasteiger partial charge in [0.15, 0.2) is 5.17 Å². The number of nitrogens with one attached hydrogen (secondary N) is 1. The summed E-state index contributed by atoms with van der Waals surface area (Å²) < 4.78 is 0.812. The first-order chi connectivity index (χ1) is 9.52. The first kappa shape index (κ1) is 15.1. The second-order valence-electron chi connectivity index (χ2n) is 4.24. The highest BCUT2D eigenvalue weighted by atomic mass is 79.9. The van der Waals surface area contributed by atoms with Crippen molar-refractivity contribution in [1.82, 2.24) is 4.90 Å². The fraction of sp³-hybridized carbons (Fsp3) is 0.308. The molecule has 0 bridgehead atoms. The van der Waals surface area contributed by atoms with E-state index < -0.39 is 5.25 Å². The van der Waals surface area contributed by atoms with Crippen LogP contribution >= 0.6 is 27.7 Å². The second-order valence-corrected chi connectivity index (χ2v) is 6.27. The van der Waals surface area contributed by atoms with Crippen LogP contribution in [-0.2, 0) is 9.59 Å². The molecule has 1 heterocycles. The van der Waals surface area contributed by atoms with Crippen LogP contribution in [0.4, 0.5) is 5.69 Å². The lowest BCUT2D eigenvalue weighted by molar-refractivity contribution is -0.127. The van der Waals surface area contributed by atoms with Crippen LogP contribution in [0.5, 0.6) is 0 Å². The maximum Gasteiger partial charge on any atom is 0.242 e. The zero-order valence-corrected chi connectivity index (χ0v) is 13.5. The highest BCUT2D eigenvalue weighted by Gasteiger charge is 2.36. The van der Waals surface area contributed by atoms with E-state index >= 15 is 0 Å². The first-order valence-electron chi connectivity index (χ1n) is 5.98. The molecule has 1 aromatic rings. The van der Waals surface area contributed by atoms with Gasteiger partial charge < -0.3 is 5.32 Å². The van der Waals surface area contributed by atoms with Crippen LogP contribution in [0.15, 0.2) is 33.7 Å². The molecule has 0 aliphatic carbocycles. The molecule has 1 N–H and O–H groups in total. The summed E-state index contributed by atoms with van der Waals surface area (Å²) in [5, 5.41) is 3.04. The van der Waals surface area contributed by atoms with E-state index in [1.165, 1.54) is 16.7 Å². The Balaban J connectivity index is 1.99. The lowest BCUT2D eigenvalue weighted by Crippen LogP contribution is -2.30. The molecular weight excluding hydrogens is 342 g/mol. The van der Waals surface area contributed by atoms with Gasteiger partial charge in [0.05, 0.1) is 5.69 Å². The van der Waals surface area contributed by atoms with Gasteiger partial charge in [-0.05, 0) is 28.1 Å². The standard InChI is InChI=1S/C13H14BrN3O2S/c1-15-13-17(2)12(19)10(20-13)7-11(18)16-9-6-4-3-5-8(9)14/h3-6,10H,7H2,1-2H3,(H,16,18). The van der Waals surface area contributed by atoms with Gasteiger partial charge in [-0.25, -0.2) is 0 Å². The molecule has 7 heteroatoms. The molecule has 1 aliphatic heterocycles. The summed E-state index contributed by atoms with van der Waals surface area (Å²) >= 11 is 4.69. The average Bonchev–Trinajstić information content (AvgIpc) is 2.69. The van der Waals surface area contributed by atoms with Gasteiger partial charge in [0.25, 0.3) is 0 Å². The van der Waals surface area contributed by atoms with E-state index in [0.29, 0.717) is 10.9 Å². The summed E-state index contributed by atoms with van der Waals surface area (Å²) in [6.45, 7) is 0. The predicted octanol–water partition coefficient (Wildman–Crippen LogP) is 2.34. The Bertz CT molecular complexity index is 576. The van der Waals surface area contributed by atoms with Gasteiger partial charge in [-0.3, -0.25) is 19.5 Å². The third-order valence-corrected chi connectivity index (χ3v) is 4.86. The van der Waals surface area contributed by atoms with Gasteiger partial charge in [0.2, 0.25) is 11.8 Å². The summed E-state index contributed by atoms with van der Waals surface area (Å²) in [7, 11) is 3.30. The van der Waals surface area contributed by atoms with Crippen LogP contribution in [0.3, 0.4) is 0 Å². The highest BCUT2D eigenvalue weighted by molar-refractivity contribution is 9.10. The van der Waals surface area contributed by atoms with Gasteiger partial charge in [-0.15, -0.1) is 0 Å². The molecule has 5 nitrogen and oxygen atoms in total. The summed E-state index contributed by atoms with van der Waals surface area (Å²) in [4.78, 5) is 29.5. The molecule has 106 valence electrons. The number of nitrogens with zero attached hydrogens (tertiary/aromatic N) is 2. The van der Waals surface area contributed by atoms with Gasteiger partial charge in [0.1, 0.15) is 5.25 Å². The monoisotopic (exact) mass is 355 g/mol. The Labute approximate surface area is 129 Å². The summed E-state index contributed by atoms with van der Waals surface area (Å²) in [5.74, 6) is -0.272. The molecule has 0 spiro atoms. The molecule has 1 saturated heterocycles. The third-order valence-electron chi connectivity index (χ3n) is 2.85. The van der Waals surface area contributed by atoms with E-state index in [0.717, 1.165) is 4.47 Å². The van der Waals surface area contributed by atoms with E-state index in [9.17, 15) is 9.59 Å². The van der Waals surface area contributed by atoms with Crippen molar-refractivity contribution in [2.45, 2.75) is 11.7 Å². The number of thioether (sulfide) groups is 1. The second kappa shape index (κ2) is 6.41. The molecular formula is C13H14BrN3O2S. The number of amides is 2. The van der Waals surface area contributed by atoms with E-state index in [-0.39, 0.29) is 18.2 Å². The number of benzene rings is 1. The highest BCUT2D eigenvalue weighted by Crippen LogP contribution is 2.29. The van der Waals surface area contributed by atoms with Crippen molar-refractivity contribution in [3.63, 3.8) is 0 Å². The van der Waals surface area contributed by atoms with Crippen LogP contribution in [0.1, 0.15) is 6.42 Å². The Morgan fingerprint density at radius 1 is 1.50 bits per heavy atom. The van der Waals surface area contributed by atoms with Crippen molar-refractivity contribution in [2.75, 3.05) is 19.4 Å². The molecule has 0 aromatic heterocycles. The number of halogens is 1. The molecule has 0 saturated carbocycles. The molecule has 2 rings (SSSR count). The number of carbonyl (C=O) groups is 2. The third kappa shape index (κ3) is 3.21. The van der Waals surface area contributed by atoms with E-state index in [2.05, 4.69) is 26.2 Å². The fourth-order valence-corrected chi connectivity index (χ4v) is 3.32. The molecule has 2 amide bonds. The average molecular weight is 356 g/mol. The summed E-state index contributed by atoms with van der Waals surface area (Å²) in [6.07, 6.45) is 0.133. The SMILES string of the molecule is CN=C1SC(CC(=O)Nc2ccccc2Br)C(=O)N1C. The number of amidine groups is 1. The number of hydrogen-bond donors (Lipinski definition) is 1. The number of anilines is 1. The molecule has 1 unspecified atom stereocenters. The van der Waals surface area contributed by atoms with Crippen molar-refractivity contribution < 1.29 is 9.59 Å². The zero-order chi connectivity index (χ0) is 14.7. The number of hydrogen-bond acceptors (Lipinski definition) is 4. The summed E-state index contributed by atoms with van der Waals surface area (Å²) in [5.41, 5.74) is 0.700. The number of aliphatic imine (C=N–C) groups is 1. The molecule has 0 radical (unpaired) electrons. The van der Waals surface area contributed by atoms with Crippen LogP contribution < -0.4 is 5.32 Å². The molecule has 20 heavy (non-hydrogen) atoms. The Morgan fingerprint density at radius 2 is 2.20 bits per heavy atom. The quantitative estimate of drug-likeness (QED) is 0.904. The van der Waals surface area contributed by atoms with Crippen LogP contribution in [0.2, 0.25) is 0 Å². The van der Waals surface area contributed by atoms with Crippen molar-refractivity contribution >= 4 is 50.4 Å². The topological polar surface area (TPSA) is 61.8 Å². The Morgan fingerprint density at radius 3 is 2.80 bits per heavy atom. The smallest absolute Gasteiger partial charge is 0.242 e. The normalized spacial score (nSPS) is 20.6. The molecule has 1 atom stereocenters. The van der Waals surface area contributed by atoms with E-state index in [1.54, 1.807) is 20.2 Å². The van der Waals surface area contributed by atoms with Crippen LogP contribution in [0, 0.1) is 0 Å². The van der Waals surface area contributed by atoms with Gasteiger partial charge >= 0.3 is 0 Å². The molecule has 1 aromatic carbocycles. The maximum absolute atomic E-state index is 12.0. The van der Waals surface area contributed by atoms with E-state index in [4.69, 9.17) is 0 Å². The first-order valence-corrected chi connectivity index (χ1v) is 7.65. The van der Waals surface area contributed by atoms with Gasteiger partial charge in [-0.2, -0.15) is 0 Å². The van der Waals surface area contributed by atoms with Crippen LogP contribution in [-0.4, -0.2) is 41.2 Å². The van der Waals surface area contributed by atoms with Crippen molar-refractivity contribution in [3.8, 4) is 0 Å². The van der Waals surface area contributed by atoms with Crippen LogP contribution in [0.25, 0.3) is 0 Å². The Hall–Kier alpha value is -1.34. The molecule has 1 fully saturated rings. The lowest BCUT2D eigenvalue weighted by Gasteiger charge is -2.10. The van der Waals surface area contributed by atoms with Gasteiger partial charge in [-0.1, -0.05) is 23.9 Å². The summed E-state index contributed by atoms with van der Waals surface area (Å²) in [6, 6.07) is 7.36.